The minimum absolute atomic E-state index is 0.0767. The summed E-state index contributed by atoms with van der Waals surface area (Å²) in [6.07, 6.45) is 5.32. The molecule has 25 heavy (non-hydrogen) atoms. The maximum atomic E-state index is 12.9. The van der Waals surface area contributed by atoms with Gasteiger partial charge < -0.3 is 16.2 Å². The van der Waals surface area contributed by atoms with Gasteiger partial charge in [0, 0.05) is 4.88 Å². The van der Waals surface area contributed by atoms with Crippen LogP contribution < -0.4 is 11.1 Å². The molecule has 3 aliphatic rings. The highest BCUT2D eigenvalue weighted by Crippen LogP contribution is 2.49. The number of anilines is 1. The first-order valence-corrected chi connectivity index (χ1v) is 9.70. The Morgan fingerprint density at radius 3 is 2.32 bits per heavy atom. The van der Waals surface area contributed by atoms with E-state index in [1.807, 2.05) is 6.92 Å². The first-order chi connectivity index (χ1) is 11.9. The molecule has 4 N–H and O–H groups in total. The number of aryl methyl sites for hydroxylation is 1. The van der Waals surface area contributed by atoms with Crippen molar-refractivity contribution in [2.75, 3.05) is 5.32 Å². The van der Waals surface area contributed by atoms with E-state index in [0.29, 0.717) is 10.6 Å². The topological polar surface area (TPSA) is 109 Å². The number of primary amides is 1. The van der Waals surface area contributed by atoms with Crippen LogP contribution in [0.4, 0.5) is 5.00 Å². The predicted octanol–water partition coefficient (Wildman–Crippen LogP) is 2.88. The number of fused-ring (bicyclic) bond motifs is 3. The molecule has 2 atom stereocenters. The van der Waals surface area contributed by atoms with Crippen LogP contribution in [0.25, 0.3) is 0 Å². The Morgan fingerprint density at radius 1 is 1.20 bits per heavy atom. The molecule has 0 aromatic carbocycles. The SMILES string of the molecule is CCCc1cc(C(N)=O)c(NC(=O)C2C3CCC(CC3)C2C(=O)O)s1. The van der Waals surface area contributed by atoms with E-state index in [2.05, 4.69) is 5.32 Å². The van der Waals surface area contributed by atoms with Crippen LogP contribution in [0.1, 0.15) is 54.3 Å². The molecule has 3 aliphatic carbocycles. The highest BCUT2D eigenvalue weighted by Gasteiger charge is 2.50. The van der Waals surface area contributed by atoms with Gasteiger partial charge in [-0.15, -0.1) is 11.3 Å². The summed E-state index contributed by atoms with van der Waals surface area (Å²) in [5.74, 6) is -2.71. The number of hydrogen-bond donors (Lipinski definition) is 3. The molecule has 1 aromatic rings. The van der Waals surface area contributed by atoms with Crippen molar-refractivity contribution in [2.45, 2.75) is 45.4 Å². The van der Waals surface area contributed by atoms with Crippen molar-refractivity contribution >= 4 is 34.1 Å². The van der Waals surface area contributed by atoms with Crippen LogP contribution in [0.5, 0.6) is 0 Å². The lowest BCUT2D eigenvalue weighted by Gasteiger charge is -2.45. The first kappa shape index (κ1) is 17.9. The number of nitrogens with one attached hydrogen (secondary N) is 1. The Labute approximate surface area is 150 Å². The number of carbonyl (C=O) groups excluding carboxylic acids is 2. The second-order valence-corrected chi connectivity index (χ2v) is 8.26. The van der Waals surface area contributed by atoms with Crippen molar-refractivity contribution in [3.63, 3.8) is 0 Å². The van der Waals surface area contributed by atoms with Gasteiger partial charge in [0.2, 0.25) is 5.91 Å². The number of rotatable bonds is 6. The Morgan fingerprint density at radius 2 is 1.80 bits per heavy atom. The van der Waals surface area contributed by atoms with Gasteiger partial charge in [0.05, 0.1) is 17.4 Å². The lowest BCUT2D eigenvalue weighted by atomic mass is 9.58. The number of nitrogens with two attached hydrogens (primary N) is 1. The van der Waals surface area contributed by atoms with Crippen LogP contribution in [0.2, 0.25) is 0 Å². The van der Waals surface area contributed by atoms with Crippen molar-refractivity contribution in [3.05, 3.63) is 16.5 Å². The summed E-state index contributed by atoms with van der Waals surface area (Å²) in [6.45, 7) is 2.04. The molecule has 6 nitrogen and oxygen atoms in total. The molecule has 7 heteroatoms. The van der Waals surface area contributed by atoms with Gasteiger partial charge in [0.15, 0.2) is 0 Å². The third kappa shape index (κ3) is 3.42. The molecule has 0 spiro atoms. The summed E-state index contributed by atoms with van der Waals surface area (Å²) in [4.78, 5) is 37.3. The summed E-state index contributed by atoms with van der Waals surface area (Å²) in [7, 11) is 0. The Balaban J connectivity index is 1.84. The summed E-state index contributed by atoms with van der Waals surface area (Å²) in [5, 5.41) is 12.9. The number of carboxylic acid groups (broad SMARTS) is 1. The van der Waals surface area contributed by atoms with Crippen molar-refractivity contribution in [1.29, 1.82) is 0 Å². The zero-order chi connectivity index (χ0) is 18.1. The van der Waals surface area contributed by atoms with Crippen LogP contribution in [0, 0.1) is 23.7 Å². The Kier molecular flexibility index (Phi) is 5.13. The van der Waals surface area contributed by atoms with Gasteiger partial charge >= 0.3 is 5.97 Å². The van der Waals surface area contributed by atoms with Crippen molar-refractivity contribution in [2.24, 2.45) is 29.4 Å². The maximum absolute atomic E-state index is 12.9. The van der Waals surface area contributed by atoms with E-state index in [1.54, 1.807) is 6.07 Å². The van der Waals surface area contributed by atoms with Crippen molar-refractivity contribution in [3.8, 4) is 0 Å². The zero-order valence-electron chi connectivity index (χ0n) is 14.3. The number of carboxylic acids is 1. The number of aliphatic carboxylic acids is 1. The predicted molar refractivity (Wildman–Crippen MR) is 95.5 cm³/mol. The fraction of sp³-hybridized carbons (Fsp3) is 0.611. The molecule has 2 bridgehead atoms. The normalized spacial score (nSPS) is 27.9. The van der Waals surface area contributed by atoms with Crippen LogP contribution in [0.15, 0.2) is 6.07 Å². The maximum Gasteiger partial charge on any atom is 0.307 e. The van der Waals surface area contributed by atoms with E-state index in [9.17, 15) is 19.5 Å². The average Bonchev–Trinajstić information content (AvgIpc) is 2.98. The van der Waals surface area contributed by atoms with Crippen molar-refractivity contribution in [1.82, 2.24) is 0 Å². The third-order valence-corrected chi connectivity index (χ3v) is 6.70. The molecule has 2 amide bonds. The lowest BCUT2D eigenvalue weighted by molar-refractivity contribution is -0.156. The smallest absolute Gasteiger partial charge is 0.307 e. The number of hydrogen-bond acceptors (Lipinski definition) is 4. The summed E-state index contributed by atoms with van der Waals surface area (Å²) in [5.41, 5.74) is 5.75. The average molecular weight is 364 g/mol. The van der Waals surface area contributed by atoms with Crippen LogP contribution in [0.3, 0.4) is 0 Å². The standard InChI is InChI=1S/C18H24N2O4S/c1-2-3-11-8-12(15(19)21)17(25-11)20-16(22)13-9-4-6-10(7-5-9)14(13)18(23)24/h8-10,13-14H,2-7H2,1H3,(H2,19,21)(H,20,22)(H,23,24). The molecule has 1 aromatic heterocycles. The van der Waals surface area contributed by atoms with Gasteiger partial charge in [0.25, 0.3) is 5.91 Å². The molecule has 136 valence electrons. The van der Waals surface area contributed by atoms with Crippen LogP contribution in [-0.4, -0.2) is 22.9 Å². The number of carbonyl (C=O) groups is 3. The molecular formula is C18H24N2O4S. The minimum atomic E-state index is -0.887. The van der Waals surface area contributed by atoms with E-state index in [1.165, 1.54) is 11.3 Å². The van der Waals surface area contributed by atoms with Gasteiger partial charge in [-0.3, -0.25) is 14.4 Å². The van der Waals surface area contributed by atoms with Gasteiger partial charge in [-0.1, -0.05) is 13.3 Å². The third-order valence-electron chi connectivity index (χ3n) is 5.59. The highest BCUT2D eigenvalue weighted by molar-refractivity contribution is 7.16. The van der Waals surface area contributed by atoms with E-state index in [4.69, 9.17) is 5.73 Å². The van der Waals surface area contributed by atoms with Gasteiger partial charge in [-0.2, -0.15) is 0 Å². The second-order valence-electron chi connectivity index (χ2n) is 7.12. The number of thiophene rings is 1. The molecule has 0 aliphatic heterocycles. The molecule has 0 radical (unpaired) electrons. The van der Waals surface area contributed by atoms with Crippen LogP contribution >= 0.6 is 11.3 Å². The summed E-state index contributed by atoms with van der Waals surface area (Å²) < 4.78 is 0. The Bertz CT molecular complexity index is 691. The van der Waals surface area contributed by atoms with Gasteiger partial charge in [0.1, 0.15) is 5.00 Å². The van der Waals surface area contributed by atoms with E-state index in [-0.39, 0.29) is 17.7 Å². The first-order valence-electron chi connectivity index (χ1n) is 8.88. The second kappa shape index (κ2) is 7.15. The molecule has 1 heterocycles. The fourth-order valence-electron chi connectivity index (χ4n) is 4.46. The Hall–Kier alpha value is -1.89. The fourth-order valence-corrected chi connectivity index (χ4v) is 5.63. The lowest BCUT2D eigenvalue weighted by Crippen LogP contribution is -2.49. The van der Waals surface area contributed by atoms with E-state index in [0.717, 1.165) is 43.4 Å². The summed E-state index contributed by atoms with van der Waals surface area (Å²) in [6, 6.07) is 1.73. The van der Waals surface area contributed by atoms with E-state index < -0.39 is 23.7 Å². The minimum Gasteiger partial charge on any atom is -0.481 e. The largest absolute Gasteiger partial charge is 0.481 e. The highest BCUT2D eigenvalue weighted by atomic mass is 32.1. The van der Waals surface area contributed by atoms with Gasteiger partial charge in [-0.25, -0.2) is 0 Å². The zero-order valence-corrected chi connectivity index (χ0v) is 15.1. The summed E-state index contributed by atoms with van der Waals surface area (Å²) >= 11 is 1.35. The molecule has 3 saturated carbocycles. The molecular weight excluding hydrogens is 340 g/mol. The molecule has 4 rings (SSSR count). The quantitative estimate of drug-likeness (QED) is 0.721. The van der Waals surface area contributed by atoms with Crippen LogP contribution in [-0.2, 0) is 16.0 Å². The number of amides is 2. The molecule has 2 unspecified atom stereocenters. The van der Waals surface area contributed by atoms with E-state index >= 15 is 0 Å². The van der Waals surface area contributed by atoms with Crippen molar-refractivity contribution < 1.29 is 19.5 Å². The monoisotopic (exact) mass is 364 g/mol. The molecule has 3 fully saturated rings. The molecule has 0 saturated heterocycles. The van der Waals surface area contributed by atoms with Gasteiger partial charge in [-0.05, 0) is 50.0 Å².